The van der Waals surface area contributed by atoms with Crippen LogP contribution in [0.3, 0.4) is 0 Å². The third kappa shape index (κ3) is 1.76. The van der Waals surface area contributed by atoms with Crippen LogP contribution in [0.4, 0.5) is 0 Å². The summed E-state index contributed by atoms with van der Waals surface area (Å²) in [6.07, 6.45) is 6.15. The summed E-state index contributed by atoms with van der Waals surface area (Å²) in [6, 6.07) is 0. The van der Waals surface area contributed by atoms with Crippen molar-refractivity contribution in [1.82, 2.24) is 0 Å². The van der Waals surface area contributed by atoms with Crippen LogP contribution in [-0.2, 0) is 0 Å². The van der Waals surface area contributed by atoms with Gasteiger partial charge in [0.1, 0.15) is 0 Å². The molecule has 0 aliphatic heterocycles. The minimum absolute atomic E-state index is 0.487. The summed E-state index contributed by atoms with van der Waals surface area (Å²) >= 11 is 0. The zero-order valence-electron chi connectivity index (χ0n) is 10.7. The molecule has 0 spiro atoms. The lowest BCUT2D eigenvalue weighted by Crippen LogP contribution is -2.34. The van der Waals surface area contributed by atoms with Crippen molar-refractivity contribution < 1.29 is 0 Å². The van der Waals surface area contributed by atoms with E-state index in [9.17, 15) is 0 Å². The van der Waals surface area contributed by atoms with Gasteiger partial charge in [-0.2, -0.15) is 0 Å². The van der Waals surface area contributed by atoms with Crippen LogP contribution in [0.5, 0.6) is 0 Å². The van der Waals surface area contributed by atoms with Crippen LogP contribution in [0, 0.1) is 29.1 Å². The van der Waals surface area contributed by atoms with E-state index in [1.165, 1.54) is 6.42 Å². The Kier molecular flexibility index (Phi) is 3.44. The number of hydrogen-bond acceptors (Lipinski definition) is 0. The standard InChI is InChI=1S/C14H26/c1-7-14(6)11(3)9-8-10(2)12(4)13(14)5/h8-13H,7H2,1-6H3. The lowest BCUT2D eigenvalue weighted by Gasteiger charge is -2.41. The van der Waals surface area contributed by atoms with E-state index >= 15 is 0 Å². The topological polar surface area (TPSA) is 0 Å². The molecule has 5 atom stereocenters. The zero-order valence-corrected chi connectivity index (χ0v) is 10.7. The molecule has 5 unspecified atom stereocenters. The van der Waals surface area contributed by atoms with Gasteiger partial charge in [-0.3, -0.25) is 0 Å². The predicted octanol–water partition coefficient (Wildman–Crippen LogP) is 4.52. The van der Waals surface area contributed by atoms with Gasteiger partial charge in [0, 0.05) is 0 Å². The van der Waals surface area contributed by atoms with Crippen molar-refractivity contribution in [3.8, 4) is 0 Å². The van der Waals surface area contributed by atoms with Crippen LogP contribution in [0.25, 0.3) is 0 Å². The highest BCUT2D eigenvalue weighted by Crippen LogP contribution is 2.47. The van der Waals surface area contributed by atoms with Gasteiger partial charge in [0.15, 0.2) is 0 Å². The van der Waals surface area contributed by atoms with Gasteiger partial charge >= 0.3 is 0 Å². The molecule has 0 aromatic heterocycles. The molecule has 1 rings (SSSR count). The second-order valence-corrected chi connectivity index (χ2v) is 5.54. The summed E-state index contributed by atoms with van der Waals surface area (Å²) in [7, 11) is 0. The smallest absolute Gasteiger partial charge is 0.0205 e. The summed E-state index contributed by atoms with van der Waals surface area (Å²) in [6.45, 7) is 14.4. The minimum atomic E-state index is 0.487. The maximum atomic E-state index is 2.46. The predicted molar refractivity (Wildman–Crippen MR) is 64.2 cm³/mol. The summed E-state index contributed by atoms with van der Waals surface area (Å²) in [4.78, 5) is 0. The van der Waals surface area contributed by atoms with E-state index in [0.717, 1.165) is 23.7 Å². The Morgan fingerprint density at radius 1 is 1.07 bits per heavy atom. The van der Waals surface area contributed by atoms with Crippen LogP contribution in [0.1, 0.15) is 48.0 Å². The second-order valence-electron chi connectivity index (χ2n) is 5.54. The fraction of sp³-hybridized carbons (Fsp3) is 0.857. The molecule has 1 aliphatic carbocycles. The monoisotopic (exact) mass is 194 g/mol. The Hall–Kier alpha value is -0.260. The van der Waals surface area contributed by atoms with E-state index in [4.69, 9.17) is 0 Å². The van der Waals surface area contributed by atoms with Gasteiger partial charge in [-0.1, -0.05) is 53.7 Å². The van der Waals surface area contributed by atoms with Crippen molar-refractivity contribution >= 4 is 0 Å². The first-order valence-corrected chi connectivity index (χ1v) is 6.11. The number of rotatable bonds is 1. The molecule has 0 nitrogen and oxygen atoms in total. The fourth-order valence-corrected chi connectivity index (χ4v) is 2.85. The highest BCUT2D eigenvalue weighted by molar-refractivity contribution is 5.04. The first-order valence-electron chi connectivity index (χ1n) is 6.11. The van der Waals surface area contributed by atoms with E-state index in [0.29, 0.717) is 5.41 Å². The van der Waals surface area contributed by atoms with Crippen molar-refractivity contribution in [2.24, 2.45) is 29.1 Å². The van der Waals surface area contributed by atoms with Gasteiger partial charge in [0.2, 0.25) is 0 Å². The SMILES string of the molecule is CCC1(C)C(C)C=CC(C)C(C)C1C. The van der Waals surface area contributed by atoms with E-state index < -0.39 is 0 Å². The summed E-state index contributed by atoms with van der Waals surface area (Å²) in [5.74, 6) is 3.07. The minimum Gasteiger partial charge on any atom is -0.0851 e. The van der Waals surface area contributed by atoms with Gasteiger partial charge < -0.3 is 0 Å². The molecular formula is C14H26. The lowest BCUT2D eigenvalue weighted by molar-refractivity contribution is 0.0867. The molecule has 0 heteroatoms. The Labute approximate surface area is 89.8 Å². The van der Waals surface area contributed by atoms with E-state index in [2.05, 4.69) is 53.7 Å². The molecule has 0 aromatic carbocycles. The molecule has 0 fully saturated rings. The van der Waals surface area contributed by atoms with Crippen LogP contribution in [-0.4, -0.2) is 0 Å². The molecule has 0 radical (unpaired) electrons. The lowest BCUT2D eigenvalue weighted by atomic mass is 9.63. The van der Waals surface area contributed by atoms with Gasteiger partial charge in [0.25, 0.3) is 0 Å². The number of allylic oxidation sites excluding steroid dienone is 2. The largest absolute Gasteiger partial charge is 0.0851 e. The Bertz CT molecular complexity index is 216. The quantitative estimate of drug-likeness (QED) is 0.538. The van der Waals surface area contributed by atoms with E-state index in [1.807, 2.05) is 0 Å². The third-order valence-electron chi connectivity index (χ3n) is 5.16. The summed E-state index contributed by atoms with van der Waals surface area (Å²) in [5.41, 5.74) is 0.487. The van der Waals surface area contributed by atoms with Crippen molar-refractivity contribution in [1.29, 1.82) is 0 Å². The van der Waals surface area contributed by atoms with E-state index in [1.54, 1.807) is 0 Å². The second kappa shape index (κ2) is 4.08. The Morgan fingerprint density at radius 3 is 2.14 bits per heavy atom. The van der Waals surface area contributed by atoms with Crippen LogP contribution < -0.4 is 0 Å². The molecule has 1 aliphatic rings. The van der Waals surface area contributed by atoms with E-state index in [-0.39, 0.29) is 0 Å². The molecule has 0 saturated heterocycles. The van der Waals surface area contributed by atoms with Crippen LogP contribution >= 0.6 is 0 Å². The zero-order chi connectivity index (χ0) is 10.9. The van der Waals surface area contributed by atoms with Crippen molar-refractivity contribution in [2.45, 2.75) is 48.0 Å². The van der Waals surface area contributed by atoms with Gasteiger partial charge in [-0.05, 0) is 35.5 Å². The molecular weight excluding hydrogens is 168 g/mol. The molecule has 0 N–H and O–H groups in total. The molecule has 14 heavy (non-hydrogen) atoms. The van der Waals surface area contributed by atoms with Crippen molar-refractivity contribution in [3.05, 3.63) is 12.2 Å². The normalized spacial score (nSPS) is 49.0. The molecule has 0 saturated carbocycles. The summed E-state index contributed by atoms with van der Waals surface area (Å²) in [5, 5.41) is 0. The number of hydrogen-bond donors (Lipinski definition) is 0. The van der Waals surface area contributed by atoms with Crippen LogP contribution in [0.2, 0.25) is 0 Å². The molecule has 0 heterocycles. The van der Waals surface area contributed by atoms with Crippen molar-refractivity contribution in [2.75, 3.05) is 0 Å². The van der Waals surface area contributed by atoms with Gasteiger partial charge in [-0.25, -0.2) is 0 Å². The average molecular weight is 194 g/mol. The van der Waals surface area contributed by atoms with Crippen molar-refractivity contribution in [3.63, 3.8) is 0 Å². The van der Waals surface area contributed by atoms with Crippen LogP contribution in [0.15, 0.2) is 12.2 Å². The molecule has 0 amide bonds. The third-order valence-corrected chi connectivity index (χ3v) is 5.16. The molecule has 0 bridgehead atoms. The highest BCUT2D eigenvalue weighted by atomic mass is 14.4. The maximum Gasteiger partial charge on any atom is -0.0205 e. The first-order chi connectivity index (χ1) is 6.43. The van der Waals surface area contributed by atoms with Gasteiger partial charge in [0.05, 0.1) is 0 Å². The average Bonchev–Trinajstić information content (AvgIpc) is 2.26. The first kappa shape index (κ1) is 11.8. The Balaban J connectivity index is 3.01. The molecule has 0 aromatic rings. The summed E-state index contributed by atoms with van der Waals surface area (Å²) < 4.78 is 0. The fourth-order valence-electron chi connectivity index (χ4n) is 2.85. The molecule has 82 valence electrons. The highest BCUT2D eigenvalue weighted by Gasteiger charge is 2.39. The Morgan fingerprint density at radius 2 is 1.64 bits per heavy atom. The van der Waals surface area contributed by atoms with Gasteiger partial charge in [-0.15, -0.1) is 0 Å². The maximum absolute atomic E-state index is 2.46.